The molecule has 0 bridgehead atoms. The smallest absolute Gasteiger partial charge is 0.254 e. The van der Waals surface area contributed by atoms with E-state index in [0.29, 0.717) is 5.56 Å². The van der Waals surface area contributed by atoms with Gasteiger partial charge in [0.15, 0.2) is 0 Å². The van der Waals surface area contributed by atoms with Gasteiger partial charge in [-0.15, -0.1) is 0 Å². The van der Waals surface area contributed by atoms with Crippen molar-refractivity contribution < 1.29 is 9.53 Å². The molecule has 1 amide bonds. The van der Waals surface area contributed by atoms with Crippen molar-refractivity contribution >= 4 is 5.91 Å². The molecular weight excluding hydrogens is 324 g/mol. The number of ether oxygens (including phenoxy) is 1. The monoisotopic (exact) mass is 358 g/mol. The second-order valence-corrected chi connectivity index (χ2v) is 8.97. The molecule has 26 heavy (non-hydrogen) atoms. The number of amides is 1. The van der Waals surface area contributed by atoms with Crippen molar-refractivity contribution in [3.63, 3.8) is 0 Å². The van der Waals surface area contributed by atoms with Gasteiger partial charge in [0.05, 0.1) is 6.61 Å². The van der Waals surface area contributed by atoms with Crippen molar-refractivity contribution in [1.82, 2.24) is 9.80 Å². The van der Waals surface area contributed by atoms with Gasteiger partial charge in [0.25, 0.3) is 5.91 Å². The Labute approximate surface area is 158 Å². The van der Waals surface area contributed by atoms with E-state index >= 15 is 0 Å². The van der Waals surface area contributed by atoms with E-state index in [2.05, 4.69) is 4.90 Å². The van der Waals surface area contributed by atoms with Gasteiger partial charge in [-0.25, -0.2) is 0 Å². The molecule has 1 heterocycles. The summed E-state index contributed by atoms with van der Waals surface area (Å²) in [5, 5.41) is 0. The van der Waals surface area contributed by atoms with Gasteiger partial charge in [-0.05, 0) is 76.1 Å². The molecule has 1 saturated carbocycles. The fourth-order valence-corrected chi connectivity index (χ4v) is 4.18. The van der Waals surface area contributed by atoms with E-state index in [1.807, 2.05) is 52.1 Å². The molecule has 0 aromatic heterocycles. The lowest BCUT2D eigenvalue weighted by Gasteiger charge is -2.32. The van der Waals surface area contributed by atoms with Crippen LogP contribution in [0.1, 0.15) is 56.8 Å². The second kappa shape index (κ2) is 7.99. The number of benzene rings is 1. The molecule has 1 aromatic rings. The molecule has 1 aromatic carbocycles. The maximum absolute atomic E-state index is 12.5. The first kappa shape index (κ1) is 19.2. The van der Waals surface area contributed by atoms with Gasteiger partial charge < -0.3 is 14.5 Å². The lowest BCUT2D eigenvalue weighted by Crippen LogP contribution is -2.42. The van der Waals surface area contributed by atoms with Crippen molar-refractivity contribution in [2.75, 3.05) is 33.3 Å². The lowest BCUT2D eigenvalue weighted by atomic mass is 10.0. The standard InChI is InChI=1S/C22H34N2O2/c1-22(2,3)23(4)21(25)17-9-11-20(12-10-17)26-14-6-13-24-15-18-7-5-8-19(18)16-24/h9-12,18-19H,5-8,13-16H2,1-4H3. The number of rotatable bonds is 6. The number of likely N-dealkylation sites (tertiary alicyclic amines) is 1. The Morgan fingerprint density at radius 3 is 2.35 bits per heavy atom. The normalized spacial score (nSPS) is 23.1. The summed E-state index contributed by atoms with van der Waals surface area (Å²) < 4.78 is 5.87. The van der Waals surface area contributed by atoms with E-state index in [1.165, 1.54) is 32.4 Å². The molecule has 2 fully saturated rings. The SMILES string of the molecule is CN(C(=O)c1ccc(OCCCN2CC3CCCC3C2)cc1)C(C)(C)C. The molecule has 1 saturated heterocycles. The highest BCUT2D eigenvalue weighted by Gasteiger charge is 2.35. The van der Waals surface area contributed by atoms with Crippen LogP contribution < -0.4 is 4.74 Å². The van der Waals surface area contributed by atoms with E-state index in [0.717, 1.165) is 37.2 Å². The number of hydrogen-bond donors (Lipinski definition) is 0. The zero-order chi connectivity index (χ0) is 18.7. The highest BCUT2D eigenvalue weighted by atomic mass is 16.5. The summed E-state index contributed by atoms with van der Waals surface area (Å²) in [6, 6.07) is 7.54. The van der Waals surface area contributed by atoms with Gasteiger partial charge in [0, 0.05) is 37.8 Å². The van der Waals surface area contributed by atoms with Crippen LogP contribution in [0.2, 0.25) is 0 Å². The second-order valence-electron chi connectivity index (χ2n) is 8.97. The van der Waals surface area contributed by atoms with Gasteiger partial charge in [-0.3, -0.25) is 4.79 Å². The Kier molecular flexibility index (Phi) is 5.91. The highest BCUT2D eigenvalue weighted by Crippen LogP contribution is 2.37. The van der Waals surface area contributed by atoms with Gasteiger partial charge in [0.2, 0.25) is 0 Å². The fraction of sp³-hybridized carbons (Fsp3) is 0.682. The van der Waals surface area contributed by atoms with Crippen LogP contribution in [0.15, 0.2) is 24.3 Å². The van der Waals surface area contributed by atoms with Crippen LogP contribution in [0.5, 0.6) is 5.75 Å². The summed E-state index contributed by atoms with van der Waals surface area (Å²) in [6.07, 6.45) is 5.38. The molecule has 2 aliphatic rings. The first-order chi connectivity index (χ1) is 12.3. The molecule has 4 nitrogen and oxygen atoms in total. The maximum atomic E-state index is 12.5. The third kappa shape index (κ3) is 4.59. The fourth-order valence-electron chi connectivity index (χ4n) is 4.18. The number of fused-ring (bicyclic) bond motifs is 1. The number of carbonyl (C=O) groups excluding carboxylic acids is 1. The van der Waals surface area contributed by atoms with Crippen molar-refractivity contribution in [2.45, 2.75) is 52.0 Å². The van der Waals surface area contributed by atoms with Gasteiger partial charge >= 0.3 is 0 Å². The molecule has 144 valence electrons. The Morgan fingerprint density at radius 2 is 1.77 bits per heavy atom. The van der Waals surface area contributed by atoms with Crippen molar-refractivity contribution in [3.05, 3.63) is 29.8 Å². The molecule has 1 aliphatic carbocycles. The molecule has 2 unspecified atom stereocenters. The third-order valence-corrected chi connectivity index (χ3v) is 6.10. The van der Waals surface area contributed by atoms with Crippen LogP contribution >= 0.6 is 0 Å². The van der Waals surface area contributed by atoms with E-state index in [4.69, 9.17) is 4.74 Å². The summed E-state index contributed by atoms with van der Waals surface area (Å²) in [5.41, 5.74) is 0.527. The number of carbonyl (C=O) groups is 1. The predicted octanol–water partition coefficient (Wildman–Crippen LogP) is 4.06. The van der Waals surface area contributed by atoms with E-state index in [9.17, 15) is 4.79 Å². The molecular formula is C22H34N2O2. The summed E-state index contributed by atoms with van der Waals surface area (Å²) in [6.45, 7) is 10.6. The molecule has 1 aliphatic heterocycles. The molecule has 0 N–H and O–H groups in total. The minimum absolute atomic E-state index is 0.0450. The average Bonchev–Trinajstić information content (AvgIpc) is 3.18. The quantitative estimate of drug-likeness (QED) is 0.719. The summed E-state index contributed by atoms with van der Waals surface area (Å²) >= 11 is 0. The van der Waals surface area contributed by atoms with Gasteiger partial charge in [0.1, 0.15) is 5.75 Å². The van der Waals surface area contributed by atoms with Crippen molar-refractivity contribution in [3.8, 4) is 5.75 Å². The highest BCUT2D eigenvalue weighted by molar-refractivity contribution is 5.94. The Balaban J connectivity index is 1.40. The third-order valence-electron chi connectivity index (χ3n) is 6.10. The number of hydrogen-bond acceptors (Lipinski definition) is 3. The van der Waals surface area contributed by atoms with Crippen LogP contribution in [0.3, 0.4) is 0 Å². The van der Waals surface area contributed by atoms with Crippen molar-refractivity contribution in [2.24, 2.45) is 11.8 Å². The average molecular weight is 359 g/mol. The Hall–Kier alpha value is -1.55. The van der Waals surface area contributed by atoms with Crippen LogP contribution in [0.25, 0.3) is 0 Å². The number of nitrogens with zero attached hydrogens (tertiary/aromatic N) is 2. The maximum Gasteiger partial charge on any atom is 0.254 e. The van der Waals surface area contributed by atoms with Gasteiger partial charge in [-0.2, -0.15) is 0 Å². The summed E-state index contributed by atoms with van der Waals surface area (Å²) in [5.74, 6) is 2.82. The Morgan fingerprint density at radius 1 is 1.15 bits per heavy atom. The van der Waals surface area contributed by atoms with Crippen LogP contribution in [-0.4, -0.2) is 54.5 Å². The van der Waals surface area contributed by atoms with Crippen LogP contribution in [-0.2, 0) is 0 Å². The molecule has 3 rings (SSSR count). The van der Waals surface area contributed by atoms with E-state index < -0.39 is 0 Å². The first-order valence-electron chi connectivity index (χ1n) is 10.1. The first-order valence-corrected chi connectivity index (χ1v) is 10.1. The molecule has 2 atom stereocenters. The lowest BCUT2D eigenvalue weighted by molar-refractivity contribution is 0.0656. The summed E-state index contributed by atoms with van der Waals surface area (Å²) in [7, 11) is 1.85. The van der Waals surface area contributed by atoms with Crippen molar-refractivity contribution in [1.29, 1.82) is 0 Å². The van der Waals surface area contributed by atoms with Crippen LogP contribution in [0, 0.1) is 11.8 Å². The van der Waals surface area contributed by atoms with E-state index in [-0.39, 0.29) is 11.4 Å². The van der Waals surface area contributed by atoms with E-state index in [1.54, 1.807) is 4.90 Å². The van der Waals surface area contributed by atoms with Gasteiger partial charge in [-0.1, -0.05) is 6.42 Å². The predicted molar refractivity (Wildman–Crippen MR) is 106 cm³/mol. The topological polar surface area (TPSA) is 32.8 Å². The van der Waals surface area contributed by atoms with Crippen LogP contribution in [0.4, 0.5) is 0 Å². The molecule has 4 heteroatoms. The zero-order valence-corrected chi connectivity index (χ0v) is 16.8. The molecule has 0 spiro atoms. The minimum atomic E-state index is -0.180. The minimum Gasteiger partial charge on any atom is -0.494 e. The summed E-state index contributed by atoms with van der Waals surface area (Å²) in [4.78, 5) is 16.9. The Bertz CT molecular complexity index is 594. The largest absolute Gasteiger partial charge is 0.494 e. The molecule has 0 radical (unpaired) electrons. The zero-order valence-electron chi connectivity index (χ0n) is 16.8.